The van der Waals surface area contributed by atoms with Crippen molar-refractivity contribution in [1.82, 2.24) is 4.90 Å². The molecule has 1 aliphatic rings. The van der Waals surface area contributed by atoms with E-state index in [-0.39, 0.29) is 12.0 Å². The van der Waals surface area contributed by atoms with Gasteiger partial charge in [-0.1, -0.05) is 33.4 Å². The first kappa shape index (κ1) is 14.7. The van der Waals surface area contributed by atoms with Crippen LogP contribution in [-0.2, 0) is 9.47 Å². The zero-order valence-corrected chi connectivity index (χ0v) is 11.4. The number of nitrogens with zero attached hydrogens (tertiary/aromatic N) is 2. The summed E-state index contributed by atoms with van der Waals surface area (Å²) in [4.78, 5) is 17.8. The molecule has 0 aromatic carbocycles. The number of amides is 1. The standard InChI is InChI=1S/C13H22N2O3/c1-5-8-18-12(16)14-11(13(2,3)4)15-6-9-17-10-7-15/h5H,1,6-10H2,2-4H3/b14-11-. The number of carbonyl (C=O) groups excluding carboxylic acids is 1. The molecular formula is C13H22N2O3. The highest BCUT2D eigenvalue weighted by atomic mass is 16.5. The lowest BCUT2D eigenvalue weighted by molar-refractivity contribution is 0.0643. The largest absolute Gasteiger partial charge is 0.444 e. The molecule has 1 saturated heterocycles. The van der Waals surface area contributed by atoms with Crippen LogP contribution in [0.4, 0.5) is 4.79 Å². The molecule has 0 atom stereocenters. The Kier molecular flexibility index (Phi) is 5.34. The Morgan fingerprint density at radius 1 is 1.44 bits per heavy atom. The van der Waals surface area contributed by atoms with Gasteiger partial charge in [0.1, 0.15) is 12.4 Å². The summed E-state index contributed by atoms with van der Waals surface area (Å²) in [6.07, 6.45) is 0.963. The van der Waals surface area contributed by atoms with Gasteiger partial charge in [0, 0.05) is 18.5 Å². The molecule has 1 amide bonds. The van der Waals surface area contributed by atoms with Crippen LogP contribution in [0.15, 0.2) is 17.6 Å². The molecule has 0 spiro atoms. The Hall–Kier alpha value is -1.36. The summed E-state index contributed by atoms with van der Waals surface area (Å²) in [7, 11) is 0. The van der Waals surface area contributed by atoms with Gasteiger partial charge in [0.2, 0.25) is 0 Å². The van der Waals surface area contributed by atoms with Crippen molar-refractivity contribution in [2.45, 2.75) is 20.8 Å². The second-order valence-electron chi connectivity index (χ2n) is 5.15. The fraction of sp³-hybridized carbons (Fsp3) is 0.692. The maximum absolute atomic E-state index is 11.6. The molecule has 102 valence electrons. The van der Waals surface area contributed by atoms with Crippen molar-refractivity contribution < 1.29 is 14.3 Å². The molecule has 18 heavy (non-hydrogen) atoms. The summed E-state index contributed by atoms with van der Waals surface area (Å²) in [5.74, 6) is 0.750. The zero-order valence-electron chi connectivity index (χ0n) is 11.4. The van der Waals surface area contributed by atoms with Crippen LogP contribution in [0.3, 0.4) is 0 Å². The van der Waals surface area contributed by atoms with Gasteiger partial charge >= 0.3 is 6.09 Å². The molecule has 0 saturated carbocycles. The molecule has 0 aromatic rings. The molecular weight excluding hydrogens is 232 g/mol. The Labute approximate surface area is 108 Å². The second kappa shape index (κ2) is 6.54. The molecule has 1 fully saturated rings. The molecule has 0 aromatic heterocycles. The normalized spacial score (nSPS) is 17.5. The maximum Gasteiger partial charge on any atom is 0.435 e. The molecule has 0 unspecified atom stereocenters. The highest BCUT2D eigenvalue weighted by Gasteiger charge is 2.27. The van der Waals surface area contributed by atoms with Gasteiger partial charge in [0.25, 0.3) is 0 Å². The Balaban J connectivity index is 2.80. The minimum Gasteiger partial charge on any atom is -0.444 e. The number of morpholine rings is 1. The minimum atomic E-state index is -0.564. The van der Waals surface area contributed by atoms with Crippen LogP contribution in [0, 0.1) is 5.41 Å². The van der Waals surface area contributed by atoms with Crippen molar-refractivity contribution in [3.63, 3.8) is 0 Å². The van der Waals surface area contributed by atoms with E-state index >= 15 is 0 Å². The van der Waals surface area contributed by atoms with Crippen LogP contribution in [0.5, 0.6) is 0 Å². The summed E-state index contributed by atoms with van der Waals surface area (Å²) in [6.45, 7) is 12.6. The smallest absolute Gasteiger partial charge is 0.435 e. The van der Waals surface area contributed by atoms with E-state index in [0.29, 0.717) is 13.2 Å². The van der Waals surface area contributed by atoms with Crippen molar-refractivity contribution in [3.05, 3.63) is 12.7 Å². The lowest BCUT2D eigenvalue weighted by atomic mass is 9.93. The van der Waals surface area contributed by atoms with E-state index in [1.807, 2.05) is 20.8 Å². The third kappa shape index (κ3) is 4.49. The SMILES string of the molecule is C=CCOC(=O)/N=C(\N1CCOCC1)C(C)(C)C. The van der Waals surface area contributed by atoms with Crippen molar-refractivity contribution >= 4 is 11.9 Å². The van der Waals surface area contributed by atoms with Crippen LogP contribution < -0.4 is 0 Å². The van der Waals surface area contributed by atoms with E-state index in [1.54, 1.807) is 0 Å². The van der Waals surface area contributed by atoms with Gasteiger partial charge in [-0.25, -0.2) is 4.79 Å². The van der Waals surface area contributed by atoms with Crippen molar-refractivity contribution in [2.75, 3.05) is 32.9 Å². The number of aliphatic imine (C=N–C) groups is 1. The lowest BCUT2D eigenvalue weighted by Gasteiger charge is -2.35. The fourth-order valence-corrected chi connectivity index (χ4v) is 1.74. The topological polar surface area (TPSA) is 51.1 Å². The Morgan fingerprint density at radius 3 is 2.56 bits per heavy atom. The van der Waals surface area contributed by atoms with E-state index in [0.717, 1.165) is 18.9 Å². The van der Waals surface area contributed by atoms with Crippen LogP contribution in [0.1, 0.15) is 20.8 Å². The van der Waals surface area contributed by atoms with Crippen LogP contribution in [-0.4, -0.2) is 49.7 Å². The number of rotatable bonds is 2. The summed E-state index contributed by atoms with van der Waals surface area (Å²) >= 11 is 0. The van der Waals surface area contributed by atoms with Gasteiger partial charge in [-0.05, 0) is 0 Å². The number of carbonyl (C=O) groups is 1. The van der Waals surface area contributed by atoms with Gasteiger partial charge in [0.15, 0.2) is 0 Å². The number of hydrogen-bond donors (Lipinski definition) is 0. The van der Waals surface area contributed by atoms with E-state index < -0.39 is 6.09 Å². The Bertz CT molecular complexity index is 326. The van der Waals surface area contributed by atoms with E-state index in [1.165, 1.54) is 6.08 Å². The molecule has 5 nitrogen and oxygen atoms in total. The monoisotopic (exact) mass is 254 g/mol. The predicted molar refractivity (Wildman–Crippen MR) is 70.8 cm³/mol. The van der Waals surface area contributed by atoms with Crippen molar-refractivity contribution in [1.29, 1.82) is 0 Å². The number of ether oxygens (including phenoxy) is 2. The van der Waals surface area contributed by atoms with Crippen LogP contribution in [0.2, 0.25) is 0 Å². The number of amidine groups is 1. The molecule has 0 radical (unpaired) electrons. The van der Waals surface area contributed by atoms with Crippen LogP contribution in [0.25, 0.3) is 0 Å². The van der Waals surface area contributed by atoms with E-state index in [4.69, 9.17) is 9.47 Å². The second-order valence-corrected chi connectivity index (χ2v) is 5.15. The van der Waals surface area contributed by atoms with Gasteiger partial charge in [-0.15, -0.1) is 0 Å². The summed E-state index contributed by atoms with van der Waals surface area (Å²) in [6, 6.07) is 0. The molecule has 0 bridgehead atoms. The molecule has 0 N–H and O–H groups in total. The van der Waals surface area contributed by atoms with Gasteiger partial charge < -0.3 is 14.4 Å². The first-order chi connectivity index (χ1) is 8.45. The van der Waals surface area contributed by atoms with Gasteiger partial charge in [-0.2, -0.15) is 4.99 Å². The van der Waals surface area contributed by atoms with Gasteiger partial charge in [0.05, 0.1) is 13.2 Å². The minimum absolute atomic E-state index is 0.183. The average molecular weight is 254 g/mol. The molecule has 1 rings (SSSR count). The Morgan fingerprint density at radius 2 is 2.06 bits per heavy atom. The highest BCUT2D eigenvalue weighted by Crippen LogP contribution is 2.20. The summed E-state index contributed by atoms with van der Waals surface area (Å²) in [5.41, 5.74) is -0.204. The van der Waals surface area contributed by atoms with Crippen molar-refractivity contribution in [3.8, 4) is 0 Å². The van der Waals surface area contributed by atoms with E-state index in [2.05, 4.69) is 16.5 Å². The maximum atomic E-state index is 11.6. The predicted octanol–water partition coefficient (Wildman–Crippen LogP) is 2.09. The lowest BCUT2D eigenvalue weighted by Crippen LogP contribution is -2.46. The van der Waals surface area contributed by atoms with Crippen LogP contribution >= 0.6 is 0 Å². The third-order valence-electron chi connectivity index (χ3n) is 2.50. The van der Waals surface area contributed by atoms with Crippen molar-refractivity contribution in [2.24, 2.45) is 10.4 Å². The highest BCUT2D eigenvalue weighted by molar-refractivity contribution is 5.95. The number of hydrogen-bond acceptors (Lipinski definition) is 3. The summed E-state index contributed by atoms with van der Waals surface area (Å²) < 4.78 is 10.2. The fourth-order valence-electron chi connectivity index (χ4n) is 1.74. The molecule has 0 aliphatic carbocycles. The first-order valence-corrected chi connectivity index (χ1v) is 6.14. The van der Waals surface area contributed by atoms with Gasteiger partial charge in [-0.3, -0.25) is 0 Å². The molecule has 5 heteroatoms. The molecule has 1 heterocycles. The first-order valence-electron chi connectivity index (χ1n) is 6.14. The zero-order chi connectivity index (χ0) is 13.6. The quantitative estimate of drug-likeness (QED) is 0.430. The van der Waals surface area contributed by atoms with E-state index in [9.17, 15) is 4.79 Å². The molecule has 1 aliphatic heterocycles. The third-order valence-corrected chi connectivity index (χ3v) is 2.50. The summed E-state index contributed by atoms with van der Waals surface area (Å²) in [5, 5.41) is 0. The average Bonchev–Trinajstić information content (AvgIpc) is 2.33.